The Kier molecular flexibility index (Phi) is 7.84. The summed E-state index contributed by atoms with van der Waals surface area (Å²) in [5.41, 5.74) is 3.44. The molecule has 1 amide bonds. The number of sulfonamides is 1. The maximum Gasteiger partial charge on any atom is 0.268 e. The predicted octanol–water partition coefficient (Wildman–Crippen LogP) is 4.79. The fourth-order valence-electron chi connectivity index (χ4n) is 4.57. The summed E-state index contributed by atoms with van der Waals surface area (Å²) in [6.45, 7) is 3.81. The molecule has 36 heavy (non-hydrogen) atoms. The van der Waals surface area contributed by atoms with E-state index in [9.17, 15) is 13.2 Å². The first-order valence-corrected chi connectivity index (χ1v) is 13.5. The number of anilines is 1. The Morgan fingerprint density at radius 2 is 1.83 bits per heavy atom. The Labute approximate surface area is 213 Å². The average molecular weight is 509 g/mol. The van der Waals surface area contributed by atoms with Crippen LogP contribution in [0.25, 0.3) is 0 Å². The number of hydrogen-bond donors (Lipinski definition) is 1. The van der Waals surface area contributed by atoms with Crippen LogP contribution in [0.3, 0.4) is 0 Å². The second-order valence-electron chi connectivity index (χ2n) is 8.80. The van der Waals surface area contributed by atoms with E-state index in [-0.39, 0.29) is 29.1 Å². The first kappa shape index (κ1) is 25.6. The first-order valence-electron chi connectivity index (χ1n) is 12.1. The minimum Gasteiger partial charge on any atom is -0.495 e. The first-order chi connectivity index (χ1) is 17.3. The second kappa shape index (κ2) is 11.0. The van der Waals surface area contributed by atoms with Gasteiger partial charge in [-0.1, -0.05) is 30.3 Å². The number of amides is 1. The van der Waals surface area contributed by atoms with E-state index < -0.39 is 10.0 Å². The zero-order chi connectivity index (χ0) is 25.7. The molecule has 1 atom stereocenters. The highest BCUT2D eigenvalue weighted by molar-refractivity contribution is 7.93. The summed E-state index contributed by atoms with van der Waals surface area (Å²) in [4.78, 5) is 13.3. The highest BCUT2D eigenvalue weighted by Gasteiger charge is 2.31. The standard InChI is InChI=1S/C28H32N2O5S/c1-4-35-23-15-13-22(14-16-23)30(36(32,33)27-18-20(2)12-17-26(27)34-3)19-28(31)29-25-11-7-9-21-8-5-6-10-24(21)25/h5-6,8,10,12-18,25H,4,7,9,11,19H2,1-3H3,(H,29,31)/t25-/m1/s1. The van der Waals surface area contributed by atoms with E-state index in [1.807, 2.05) is 32.0 Å². The van der Waals surface area contributed by atoms with Crippen LogP contribution in [0.5, 0.6) is 11.5 Å². The zero-order valence-electron chi connectivity index (χ0n) is 20.9. The Balaban J connectivity index is 1.67. The van der Waals surface area contributed by atoms with Gasteiger partial charge in [0.05, 0.1) is 25.4 Å². The molecule has 190 valence electrons. The van der Waals surface area contributed by atoms with Crippen LogP contribution < -0.4 is 19.1 Å². The molecule has 0 fully saturated rings. The van der Waals surface area contributed by atoms with Crippen LogP contribution in [0.4, 0.5) is 5.69 Å². The molecule has 0 aromatic heterocycles. The third-order valence-electron chi connectivity index (χ3n) is 6.31. The molecule has 7 nitrogen and oxygen atoms in total. The van der Waals surface area contributed by atoms with E-state index in [0.717, 1.165) is 34.7 Å². The Hall–Kier alpha value is -3.52. The van der Waals surface area contributed by atoms with Crippen molar-refractivity contribution in [2.45, 2.75) is 44.0 Å². The summed E-state index contributed by atoms with van der Waals surface area (Å²) < 4.78 is 39.9. The number of aryl methyl sites for hydroxylation is 2. The largest absolute Gasteiger partial charge is 0.495 e. The highest BCUT2D eigenvalue weighted by atomic mass is 32.2. The zero-order valence-corrected chi connectivity index (χ0v) is 21.7. The van der Waals surface area contributed by atoms with Gasteiger partial charge in [-0.05, 0) is 86.2 Å². The van der Waals surface area contributed by atoms with Crippen LogP contribution in [0.1, 0.15) is 42.5 Å². The van der Waals surface area contributed by atoms with E-state index in [1.165, 1.54) is 12.7 Å². The van der Waals surface area contributed by atoms with Gasteiger partial charge in [0.25, 0.3) is 10.0 Å². The third kappa shape index (κ3) is 5.49. The summed E-state index contributed by atoms with van der Waals surface area (Å²) >= 11 is 0. The van der Waals surface area contributed by atoms with Crippen LogP contribution in [0.2, 0.25) is 0 Å². The van der Waals surface area contributed by atoms with Crippen molar-refractivity contribution in [3.63, 3.8) is 0 Å². The Morgan fingerprint density at radius 3 is 2.56 bits per heavy atom. The maximum absolute atomic E-state index is 13.9. The molecule has 1 N–H and O–H groups in total. The minimum absolute atomic E-state index is 0.00898. The number of benzene rings is 3. The molecule has 0 unspecified atom stereocenters. The van der Waals surface area contributed by atoms with Crippen molar-refractivity contribution in [2.24, 2.45) is 0 Å². The molecule has 0 spiro atoms. The lowest BCUT2D eigenvalue weighted by Crippen LogP contribution is -2.42. The number of ether oxygens (including phenoxy) is 2. The van der Waals surface area contributed by atoms with E-state index >= 15 is 0 Å². The van der Waals surface area contributed by atoms with Crippen molar-refractivity contribution >= 4 is 21.6 Å². The van der Waals surface area contributed by atoms with Gasteiger partial charge in [0.1, 0.15) is 22.9 Å². The van der Waals surface area contributed by atoms with Gasteiger partial charge in [0.15, 0.2) is 0 Å². The lowest BCUT2D eigenvalue weighted by Gasteiger charge is -2.29. The van der Waals surface area contributed by atoms with Gasteiger partial charge in [-0.2, -0.15) is 0 Å². The van der Waals surface area contributed by atoms with Gasteiger partial charge >= 0.3 is 0 Å². The van der Waals surface area contributed by atoms with Crippen molar-refractivity contribution in [1.82, 2.24) is 5.32 Å². The molecule has 0 heterocycles. The number of rotatable bonds is 9. The number of hydrogen-bond acceptors (Lipinski definition) is 5. The minimum atomic E-state index is -4.13. The van der Waals surface area contributed by atoms with Crippen molar-refractivity contribution in [2.75, 3.05) is 24.6 Å². The molecule has 3 aromatic carbocycles. The summed E-state index contributed by atoms with van der Waals surface area (Å²) in [6.07, 6.45) is 2.75. The summed E-state index contributed by atoms with van der Waals surface area (Å²) in [5, 5.41) is 3.07. The fourth-order valence-corrected chi connectivity index (χ4v) is 6.23. The van der Waals surface area contributed by atoms with Gasteiger partial charge in [-0.25, -0.2) is 8.42 Å². The molecule has 0 bridgehead atoms. The molecular weight excluding hydrogens is 476 g/mol. The maximum atomic E-state index is 13.9. The van der Waals surface area contributed by atoms with Crippen molar-refractivity contribution in [1.29, 1.82) is 0 Å². The number of carbonyl (C=O) groups is 1. The number of nitrogens with one attached hydrogen (secondary N) is 1. The molecule has 0 aliphatic heterocycles. The van der Waals surface area contributed by atoms with Gasteiger partial charge in [0, 0.05) is 0 Å². The van der Waals surface area contributed by atoms with Crippen molar-refractivity contribution < 1.29 is 22.7 Å². The molecule has 0 radical (unpaired) electrons. The Bertz CT molecular complexity index is 1320. The van der Waals surface area contributed by atoms with E-state index in [1.54, 1.807) is 42.5 Å². The molecule has 1 aliphatic carbocycles. The molecule has 1 aliphatic rings. The highest BCUT2D eigenvalue weighted by Crippen LogP contribution is 2.33. The second-order valence-corrected chi connectivity index (χ2v) is 10.6. The van der Waals surface area contributed by atoms with Gasteiger partial charge in [-0.3, -0.25) is 9.10 Å². The lowest BCUT2D eigenvalue weighted by molar-refractivity contribution is -0.120. The van der Waals surface area contributed by atoms with Crippen LogP contribution >= 0.6 is 0 Å². The average Bonchev–Trinajstić information content (AvgIpc) is 2.88. The van der Waals surface area contributed by atoms with Crippen LogP contribution in [-0.2, 0) is 21.2 Å². The molecule has 8 heteroatoms. The summed E-state index contributed by atoms with van der Waals surface area (Å²) in [7, 11) is -2.71. The lowest BCUT2D eigenvalue weighted by atomic mass is 9.88. The smallest absolute Gasteiger partial charge is 0.268 e. The van der Waals surface area contributed by atoms with Gasteiger partial charge < -0.3 is 14.8 Å². The molecular formula is C28H32N2O5S. The van der Waals surface area contributed by atoms with Crippen molar-refractivity contribution in [3.05, 3.63) is 83.4 Å². The quantitative estimate of drug-likeness (QED) is 0.449. The third-order valence-corrected chi connectivity index (χ3v) is 8.11. The predicted molar refractivity (Wildman–Crippen MR) is 140 cm³/mol. The van der Waals surface area contributed by atoms with Crippen LogP contribution in [0.15, 0.2) is 71.6 Å². The van der Waals surface area contributed by atoms with Gasteiger partial charge in [-0.15, -0.1) is 0 Å². The van der Waals surface area contributed by atoms with E-state index in [0.29, 0.717) is 18.0 Å². The topological polar surface area (TPSA) is 84.9 Å². The summed E-state index contributed by atoms with van der Waals surface area (Å²) in [5.74, 6) is 0.467. The van der Waals surface area contributed by atoms with Gasteiger partial charge in [0.2, 0.25) is 5.91 Å². The number of nitrogens with zero attached hydrogens (tertiary/aromatic N) is 1. The molecule has 0 saturated heterocycles. The van der Waals surface area contributed by atoms with Crippen LogP contribution in [-0.4, -0.2) is 34.6 Å². The summed E-state index contributed by atoms with van der Waals surface area (Å²) in [6, 6.07) is 19.6. The monoisotopic (exact) mass is 508 g/mol. The SMILES string of the molecule is CCOc1ccc(N(CC(=O)N[C@@H]2CCCc3ccccc32)S(=O)(=O)c2cc(C)ccc2OC)cc1. The number of methoxy groups -OCH3 is 1. The van der Waals surface area contributed by atoms with E-state index in [2.05, 4.69) is 11.4 Å². The molecule has 0 saturated carbocycles. The Morgan fingerprint density at radius 1 is 1.08 bits per heavy atom. The molecule has 3 aromatic rings. The normalized spacial score (nSPS) is 15.0. The van der Waals surface area contributed by atoms with E-state index in [4.69, 9.17) is 9.47 Å². The fraction of sp³-hybridized carbons (Fsp3) is 0.321. The number of fused-ring (bicyclic) bond motifs is 1. The van der Waals surface area contributed by atoms with Crippen molar-refractivity contribution in [3.8, 4) is 11.5 Å². The van der Waals surface area contributed by atoms with Crippen LogP contribution in [0, 0.1) is 6.92 Å². The molecule has 4 rings (SSSR count). The number of carbonyl (C=O) groups excluding carboxylic acids is 1.